The van der Waals surface area contributed by atoms with Gasteiger partial charge in [-0.2, -0.15) is 5.10 Å². The topological polar surface area (TPSA) is 56.1 Å². The van der Waals surface area contributed by atoms with Crippen LogP contribution in [0.4, 0.5) is 5.69 Å². The number of nitrogens with one attached hydrogen (secondary N) is 1. The van der Waals surface area contributed by atoms with E-state index < -0.39 is 0 Å². The summed E-state index contributed by atoms with van der Waals surface area (Å²) in [6, 6.07) is 7.43. The van der Waals surface area contributed by atoms with E-state index in [2.05, 4.69) is 33.3 Å². The minimum atomic E-state index is -0.208. The molecule has 5 nitrogen and oxygen atoms in total. The zero-order valence-corrected chi connectivity index (χ0v) is 12.8. The summed E-state index contributed by atoms with van der Waals surface area (Å²) in [7, 11) is 0. The second-order valence-electron chi connectivity index (χ2n) is 4.26. The van der Waals surface area contributed by atoms with E-state index in [4.69, 9.17) is 4.74 Å². The Bertz CT molecular complexity index is 583. The third kappa shape index (κ3) is 4.09. The number of rotatable bonds is 6. The molecule has 0 aliphatic rings. The summed E-state index contributed by atoms with van der Waals surface area (Å²) in [5, 5.41) is 6.91. The van der Waals surface area contributed by atoms with Crippen LogP contribution in [0.15, 0.2) is 41.1 Å². The summed E-state index contributed by atoms with van der Waals surface area (Å²) in [5.74, 6) is 0.390. The predicted molar refractivity (Wildman–Crippen MR) is 80.8 cm³/mol. The van der Waals surface area contributed by atoms with Crippen LogP contribution in [0.5, 0.6) is 5.75 Å². The summed E-state index contributed by atoms with van der Waals surface area (Å²) < 4.78 is 8.03. The summed E-state index contributed by atoms with van der Waals surface area (Å²) in [4.78, 5) is 11.8. The van der Waals surface area contributed by atoms with Crippen LogP contribution < -0.4 is 10.1 Å². The van der Waals surface area contributed by atoms with Crippen molar-refractivity contribution >= 4 is 27.5 Å². The van der Waals surface area contributed by atoms with Gasteiger partial charge in [-0.3, -0.25) is 9.48 Å². The lowest BCUT2D eigenvalue weighted by molar-refractivity contribution is -0.118. The smallest absolute Gasteiger partial charge is 0.262 e. The SMILES string of the molecule is CCCn1cc(OCC(=O)Nc2ccccc2Br)cn1. The summed E-state index contributed by atoms with van der Waals surface area (Å²) >= 11 is 3.37. The van der Waals surface area contributed by atoms with E-state index in [1.807, 2.05) is 24.3 Å². The Hall–Kier alpha value is -1.82. The second kappa shape index (κ2) is 7.09. The van der Waals surface area contributed by atoms with Crippen LogP contribution in [0.25, 0.3) is 0 Å². The highest BCUT2D eigenvalue weighted by molar-refractivity contribution is 9.10. The number of hydrogen-bond donors (Lipinski definition) is 1. The van der Waals surface area contributed by atoms with Gasteiger partial charge in [0.05, 0.1) is 18.1 Å². The fourth-order valence-electron chi connectivity index (χ4n) is 1.67. The first kappa shape index (κ1) is 14.6. The van der Waals surface area contributed by atoms with Crippen LogP contribution in [0.3, 0.4) is 0 Å². The molecule has 20 heavy (non-hydrogen) atoms. The van der Waals surface area contributed by atoms with E-state index in [1.165, 1.54) is 0 Å². The fourth-order valence-corrected chi connectivity index (χ4v) is 2.05. The zero-order chi connectivity index (χ0) is 14.4. The Morgan fingerprint density at radius 2 is 2.25 bits per heavy atom. The maximum atomic E-state index is 11.8. The summed E-state index contributed by atoms with van der Waals surface area (Å²) in [6.07, 6.45) is 4.40. The molecule has 0 saturated heterocycles. The lowest BCUT2D eigenvalue weighted by Crippen LogP contribution is -2.20. The van der Waals surface area contributed by atoms with Crippen LogP contribution in [-0.2, 0) is 11.3 Å². The Labute approximate surface area is 126 Å². The highest BCUT2D eigenvalue weighted by atomic mass is 79.9. The van der Waals surface area contributed by atoms with Gasteiger partial charge < -0.3 is 10.1 Å². The largest absolute Gasteiger partial charge is 0.480 e. The van der Waals surface area contributed by atoms with Crippen molar-refractivity contribution in [2.24, 2.45) is 0 Å². The molecule has 1 amide bonds. The van der Waals surface area contributed by atoms with Gasteiger partial charge in [-0.15, -0.1) is 0 Å². The van der Waals surface area contributed by atoms with E-state index in [0.717, 1.165) is 23.1 Å². The predicted octanol–water partition coefficient (Wildman–Crippen LogP) is 3.07. The monoisotopic (exact) mass is 337 g/mol. The Balaban J connectivity index is 1.84. The third-order valence-electron chi connectivity index (χ3n) is 2.58. The molecule has 0 unspecified atom stereocenters. The lowest BCUT2D eigenvalue weighted by atomic mass is 10.3. The van der Waals surface area contributed by atoms with Crippen LogP contribution >= 0.6 is 15.9 Å². The van der Waals surface area contributed by atoms with Gasteiger partial charge in [0.1, 0.15) is 0 Å². The van der Waals surface area contributed by atoms with Crippen LogP contribution in [0, 0.1) is 0 Å². The van der Waals surface area contributed by atoms with Crippen molar-refractivity contribution in [2.45, 2.75) is 19.9 Å². The first-order chi connectivity index (χ1) is 9.69. The molecule has 2 aromatic rings. The van der Waals surface area contributed by atoms with Gasteiger partial charge in [0.25, 0.3) is 5.91 Å². The maximum Gasteiger partial charge on any atom is 0.262 e. The van der Waals surface area contributed by atoms with Gasteiger partial charge in [-0.1, -0.05) is 19.1 Å². The standard InChI is InChI=1S/C14H16BrN3O2/c1-2-7-18-9-11(8-16-18)20-10-14(19)17-13-6-4-3-5-12(13)15/h3-6,8-9H,2,7,10H2,1H3,(H,17,19). The Morgan fingerprint density at radius 3 is 3.00 bits per heavy atom. The van der Waals surface area contributed by atoms with Gasteiger partial charge in [0, 0.05) is 11.0 Å². The minimum absolute atomic E-state index is 0.0425. The van der Waals surface area contributed by atoms with Crippen molar-refractivity contribution < 1.29 is 9.53 Å². The molecule has 0 atom stereocenters. The molecular weight excluding hydrogens is 322 g/mol. The summed E-state index contributed by atoms with van der Waals surface area (Å²) in [6.45, 7) is 2.87. The molecule has 0 aliphatic carbocycles. The third-order valence-corrected chi connectivity index (χ3v) is 3.27. The number of ether oxygens (including phenoxy) is 1. The number of carbonyl (C=O) groups is 1. The molecule has 0 aliphatic heterocycles. The van der Waals surface area contributed by atoms with E-state index in [0.29, 0.717) is 5.75 Å². The van der Waals surface area contributed by atoms with Crippen molar-refractivity contribution in [3.63, 3.8) is 0 Å². The average molecular weight is 338 g/mol. The Morgan fingerprint density at radius 1 is 1.45 bits per heavy atom. The number of halogens is 1. The van der Waals surface area contributed by atoms with Gasteiger partial charge in [0.15, 0.2) is 12.4 Å². The molecule has 1 heterocycles. The van der Waals surface area contributed by atoms with Crippen molar-refractivity contribution in [1.82, 2.24) is 9.78 Å². The normalized spacial score (nSPS) is 10.3. The number of aryl methyl sites for hydroxylation is 1. The van der Waals surface area contributed by atoms with Gasteiger partial charge in [-0.25, -0.2) is 0 Å². The van der Waals surface area contributed by atoms with E-state index in [9.17, 15) is 4.79 Å². The van der Waals surface area contributed by atoms with Crippen LogP contribution in [0.1, 0.15) is 13.3 Å². The lowest BCUT2D eigenvalue weighted by Gasteiger charge is -2.07. The number of amides is 1. The molecule has 0 spiro atoms. The molecule has 1 N–H and O–H groups in total. The number of hydrogen-bond acceptors (Lipinski definition) is 3. The first-order valence-corrected chi connectivity index (χ1v) is 7.18. The molecule has 1 aromatic carbocycles. The highest BCUT2D eigenvalue weighted by Gasteiger charge is 2.07. The van der Waals surface area contributed by atoms with Crippen LogP contribution in [-0.4, -0.2) is 22.3 Å². The number of para-hydroxylation sites is 1. The molecule has 6 heteroatoms. The average Bonchev–Trinajstić information content (AvgIpc) is 2.87. The van der Waals surface area contributed by atoms with Crippen LogP contribution in [0.2, 0.25) is 0 Å². The quantitative estimate of drug-likeness (QED) is 0.881. The number of aromatic nitrogens is 2. The van der Waals surface area contributed by atoms with E-state index in [1.54, 1.807) is 17.1 Å². The maximum absolute atomic E-state index is 11.8. The molecule has 2 rings (SSSR count). The minimum Gasteiger partial charge on any atom is -0.480 e. The van der Waals surface area contributed by atoms with Crippen molar-refractivity contribution in [1.29, 1.82) is 0 Å². The molecular formula is C14H16BrN3O2. The van der Waals surface area contributed by atoms with Gasteiger partial charge in [-0.05, 0) is 34.5 Å². The van der Waals surface area contributed by atoms with Crippen molar-refractivity contribution in [2.75, 3.05) is 11.9 Å². The van der Waals surface area contributed by atoms with E-state index >= 15 is 0 Å². The van der Waals surface area contributed by atoms with Crippen molar-refractivity contribution in [3.8, 4) is 5.75 Å². The summed E-state index contributed by atoms with van der Waals surface area (Å²) in [5.41, 5.74) is 0.725. The molecule has 106 valence electrons. The second-order valence-corrected chi connectivity index (χ2v) is 5.11. The molecule has 0 fully saturated rings. The zero-order valence-electron chi connectivity index (χ0n) is 11.2. The molecule has 0 radical (unpaired) electrons. The number of benzene rings is 1. The van der Waals surface area contributed by atoms with Crippen molar-refractivity contribution in [3.05, 3.63) is 41.1 Å². The number of carbonyl (C=O) groups excluding carboxylic acids is 1. The molecule has 0 bridgehead atoms. The number of anilines is 1. The van der Waals surface area contributed by atoms with Gasteiger partial charge in [0.2, 0.25) is 0 Å². The van der Waals surface area contributed by atoms with E-state index in [-0.39, 0.29) is 12.5 Å². The van der Waals surface area contributed by atoms with Gasteiger partial charge >= 0.3 is 0 Å². The molecule has 0 saturated carbocycles. The first-order valence-electron chi connectivity index (χ1n) is 6.38. The number of nitrogens with zero attached hydrogens (tertiary/aromatic N) is 2. The fraction of sp³-hybridized carbons (Fsp3) is 0.286. The Kier molecular flexibility index (Phi) is 5.17. The molecule has 1 aromatic heterocycles. The highest BCUT2D eigenvalue weighted by Crippen LogP contribution is 2.21.